The Balaban J connectivity index is 1.56. The summed E-state index contributed by atoms with van der Waals surface area (Å²) in [5.74, 6) is -0.559. The fourth-order valence-electron chi connectivity index (χ4n) is 3.19. The molecule has 0 saturated carbocycles. The normalized spacial score (nSPS) is 15.9. The molecule has 8 heteroatoms. The number of anilines is 1. The van der Waals surface area contributed by atoms with Crippen LogP contribution in [0.2, 0.25) is 0 Å². The van der Waals surface area contributed by atoms with E-state index in [4.69, 9.17) is 4.74 Å². The molecule has 1 amide bonds. The molecule has 28 heavy (non-hydrogen) atoms. The minimum atomic E-state index is -0.453. The molecule has 4 rings (SSSR count). The largest absolute Gasteiger partial charge is 0.379 e. The molecule has 6 nitrogen and oxygen atoms in total. The van der Waals surface area contributed by atoms with Crippen molar-refractivity contribution in [1.29, 1.82) is 0 Å². The maximum absolute atomic E-state index is 14.0. The molecule has 1 N–H and O–H groups in total. The van der Waals surface area contributed by atoms with E-state index < -0.39 is 6.04 Å². The van der Waals surface area contributed by atoms with E-state index in [2.05, 4.69) is 20.4 Å². The number of hydrogen-bond donors (Lipinski definition) is 1. The van der Waals surface area contributed by atoms with E-state index in [-0.39, 0.29) is 11.7 Å². The molecular formula is C20H19FN4O2S. The van der Waals surface area contributed by atoms with Crippen LogP contribution in [0.1, 0.15) is 11.6 Å². The maximum atomic E-state index is 14.0. The highest BCUT2D eigenvalue weighted by atomic mass is 32.1. The summed E-state index contributed by atoms with van der Waals surface area (Å²) in [4.78, 5) is 15.2. The summed E-state index contributed by atoms with van der Waals surface area (Å²) in [5.41, 5.74) is 1.27. The highest BCUT2D eigenvalue weighted by Crippen LogP contribution is 2.30. The molecule has 1 aliphatic heterocycles. The first-order valence-electron chi connectivity index (χ1n) is 8.98. The number of nitrogens with one attached hydrogen (secondary N) is 1. The van der Waals surface area contributed by atoms with Gasteiger partial charge in [-0.15, -0.1) is 10.2 Å². The summed E-state index contributed by atoms with van der Waals surface area (Å²) >= 11 is 1.15. The lowest BCUT2D eigenvalue weighted by Gasteiger charge is -2.33. The number of hydrogen-bond acceptors (Lipinski definition) is 6. The van der Waals surface area contributed by atoms with Crippen LogP contribution in [0, 0.1) is 5.82 Å². The van der Waals surface area contributed by atoms with E-state index in [1.807, 2.05) is 30.3 Å². The number of aromatic nitrogens is 2. The van der Waals surface area contributed by atoms with Crippen LogP contribution in [-0.4, -0.2) is 47.3 Å². The zero-order valence-electron chi connectivity index (χ0n) is 15.0. The Labute approximate surface area is 166 Å². The summed E-state index contributed by atoms with van der Waals surface area (Å²) in [7, 11) is 0. The van der Waals surface area contributed by atoms with Gasteiger partial charge in [-0.1, -0.05) is 53.8 Å². The van der Waals surface area contributed by atoms with Crippen LogP contribution in [0.25, 0.3) is 10.6 Å². The van der Waals surface area contributed by atoms with Crippen LogP contribution < -0.4 is 5.32 Å². The fraction of sp³-hybridized carbons (Fsp3) is 0.250. The van der Waals surface area contributed by atoms with Crippen LogP contribution in [0.4, 0.5) is 9.52 Å². The molecule has 1 atom stereocenters. The third-order valence-electron chi connectivity index (χ3n) is 4.53. The Morgan fingerprint density at radius 2 is 1.79 bits per heavy atom. The average molecular weight is 398 g/mol. The molecule has 1 aliphatic rings. The lowest BCUT2D eigenvalue weighted by Crippen LogP contribution is -2.43. The van der Waals surface area contributed by atoms with Crippen LogP contribution in [0.5, 0.6) is 0 Å². The summed E-state index contributed by atoms with van der Waals surface area (Å²) in [6.07, 6.45) is 0. The van der Waals surface area contributed by atoms with Crippen LogP contribution in [0.15, 0.2) is 54.6 Å². The Bertz CT molecular complexity index is 944. The van der Waals surface area contributed by atoms with Crippen LogP contribution in [-0.2, 0) is 9.53 Å². The lowest BCUT2D eigenvalue weighted by molar-refractivity contribution is -0.123. The van der Waals surface area contributed by atoms with Gasteiger partial charge in [0, 0.05) is 18.7 Å². The number of morpholine rings is 1. The van der Waals surface area contributed by atoms with Crippen molar-refractivity contribution in [3.8, 4) is 10.6 Å². The quantitative estimate of drug-likeness (QED) is 0.714. The van der Waals surface area contributed by atoms with E-state index in [0.717, 1.165) is 16.9 Å². The minimum absolute atomic E-state index is 0.190. The molecule has 144 valence electrons. The van der Waals surface area contributed by atoms with Crippen molar-refractivity contribution in [3.05, 3.63) is 66.0 Å². The van der Waals surface area contributed by atoms with Crippen molar-refractivity contribution < 1.29 is 13.9 Å². The van der Waals surface area contributed by atoms with Gasteiger partial charge >= 0.3 is 0 Å². The topological polar surface area (TPSA) is 67.4 Å². The number of benzene rings is 2. The van der Waals surface area contributed by atoms with E-state index in [1.165, 1.54) is 6.07 Å². The first kappa shape index (κ1) is 18.7. The number of carbonyl (C=O) groups excluding carboxylic acids is 1. The van der Waals surface area contributed by atoms with Gasteiger partial charge in [-0.05, 0) is 17.7 Å². The first-order valence-corrected chi connectivity index (χ1v) is 9.80. The fourth-order valence-corrected chi connectivity index (χ4v) is 3.96. The summed E-state index contributed by atoms with van der Waals surface area (Å²) < 4.78 is 19.4. The highest BCUT2D eigenvalue weighted by molar-refractivity contribution is 7.18. The van der Waals surface area contributed by atoms with Crippen molar-refractivity contribution in [3.63, 3.8) is 0 Å². The summed E-state index contributed by atoms with van der Waals surface area (Å²) in [5, 5.41) is 11.7. The van der Waals surface area contributed by atoms with Crippen molar-refractivity contribution in [2.45, 2.75) is 6.04 Å². The van der Waals surface area contributed by atoms with Gasteiger partial charge in [-0.25, -0.2) is 4.39 Å². The third-order valence-corrected chi connectivity index (χ3v) is 5.41. The van der Waals surface area contributed by atoms with Gasteiger partial charge in [0.1, 0.15) is 11.9 Å². The number of rotatable bonds is 5. The molecule has 1 fully saturated rings. The van der Waals surface area contributed by atoms with Gasteiger partial charge in [0.05, 0.1) is 13.2 Å². The average Bonchev–Trinajstić information content (AvgIpc) is 3.18. The monoisotopic (exact) mass is 398 g/mol. The Kier molecular flexibility index (Phi) is 5.70. The molecule has 1 unspecified atom stereocenters. The van der Waals surface area contributed by atoms with E-state index >= 15 is 0 Å². The van der Waals surface area contributed by atoms with Gasteiger partial charge in [-0.2, -0.15) is 0 Å². The summed E-state index contributed by atoms with van der Waals surface area (Å²) in [6.45, 7) is 2.52. The lowest BCUT2D eigenvalue weighted by atomic mass is 10.0. The number of carbonyl (C=O) groups is 1. The second-order valence-electron chi connectivity index (χ2n) is 6.34. The molecule has 1 aromatic heterocycles. The minimum Gasteiger partial charge on any atom is -0.379 e. The second-order valence-corrected chi connectivity index (χ2v) is 7.32. The smallest absolute Gasteiger partial charge is 0.248 e. The van der Waals surface area contributed by atoms with Gasteiger partial charge in [0.25, 0.3) is 0 Å². The number of ether oxygens (including phenoxy) is 1. The van der Waals surface area contributed by atoms with Gasteiger partial charge in [0.15, 0.2) is 5.01 Å². The SMILES string of the molecule is O=C(Nc1nnc(-c2ccccc2F)s1)C(c1ccccc1)N1CCOCC1. The van der Waals surface area contributed by atoms with E-state index in [1.54, 1.807) is 18.2 Å². The van der Waals surface area contributed by atoms with Crippen molar-refractivity contribution in [2.24, 2.45) is 0 Å². The third kappa shape index (κ3) is 4.09. The van der Waals surface area contributed by atoms with E-state index in [0.29, 0.717) is 42.0 Å². The Morgan fingerprint density at radius 3 is 2.54 bits per heavy atom. The number of halogens is 1. The second kappa shape index (κ2) is 8.55. The van der Waals surface area contributed by atoms with Crippen LogP contribution in [0.3, 0.4) is 0 Å². The van der Waals surface area contributed by atoms with Gasteiger partial charge in [0.2, 0.25) is 11.0 Å². The Hall–Kier alpha value is -2.68. The van der Waals surface area contributed by atoms with Crippen molar-refractivity contribution in [1.82, 2.24) is 15.1 Å². The Morgan fingerprint density at radius 1 is 1.07 bits per heavy atom. The molecule has 2 aromatic carbocycles. The van der Waals surface area contributed by atoms with Crippen molar-refractivity contribution in [2.75, 3.05) is 31.6 Å². The molecule has 0 radical (unpaired) electrons. The van der Waals surface area contributed by atoms with Crippen molar-refractivity contribution >= 4 is 22.4 Å². The standard InChI is InChI=1S/C20H19FN4O2S/c21-16-9-5-4-8-15(16)19-23-24-20(28-19)22-18(26)17(14-6-2-1-3-7-14)25-10-12-27-13-11-25/h1-9,17H,10-13H2,(H,22,24,26). The zero-order chi connectivity index (χ0) is 19.3. The molecule has 0 bridgehead atoms. The molecule has 0 spiro atoms. The maximum Gasteiger partial charge on any atom is 0.248 e. The van der Waals surface area contributed by atoms with Gasteiger partial charge < -0.3 is 4.74 Å². The predicted molar refractivity (Wildman–Crippen MR) is 106 cm³/mol. The molecule has 3 aromatic rings. The number of amides is 1. The molecule has 0 aliphatic carbocycles. The van der Waals surface area contributed by atoms with Crippen LogP contribution >= 0.6 is 11.3 Å². The highest BCUT2D eigenvalue weighted by Gasteiger charge is 2.29. The number of nitrogens with zero attached hydrogens (tertiary/aromatic N) is 3. The molecular weight excluding hydrogens is 379 g/mol. The molecule has 2 heterocycles. The molecule has 1 saturated heterocycles. The van der Waals surface area contributed by atoms with E-state index in [9.17, 15) is 9.18 Å². The summed E-state index contributed by atoms with van der Waals surface area (Å²) in [6, 6.07) is 15.5. The van der Waals surface area contributed by atoms with Gasteiger partial charge in [-0.3, -0.25) is 15.0 Å². The predicted octanol–water partition coefficient (Wildman–Crippen LogP) is 3.36. The zero-order valence-corrected chi connectivity index (χ0v) is 15.9. The first-order chi connectivity index (χ1) is 13.7.